The minimum Gasteiger partial charge on any atom is -0.351 e. The number of urea groups is 2. The number of anilines is 1. The zero-order valence-electron chi connectivity index (χ0n) is 12.1. The van der Waals surface area contributed by atoms with Crippen LogP contribution in [0, 0.1) is 0 Å². The van der Waals surface area contributed by atoms with Crippen molar-refractivity contribution in [3.05, 3.63) is 52.2 Å². The molecule has 0 spiro atoms. The quantitative estimate of drug-likeness (QED) is 0.682. The monoisotopic (exact) mass is 318 g/mol. The summed E-state index contributed by atoms with van der Waals surface area (Å²) in [5.74, 6) is 0. The zero-order chi connectivity index (χ0) is 15.9. The van der Waals surface area contributed by atoms with Crippen LogP contribution in [-0.2, 0) is 6.54 Å². The number of nitrogens with one attached hydrogen (secondary N) is 3. The Kier molecular flexibility index (Phi) is 5.37. The minimum absolute atomic E-state index is 0.147. The summed E-state index contributed by atoms with van der Waals surface area (Å²) >= 11 is 1.60. The Morgan fingerprint density at radius 3 is 2.55 bits per heavy atom. The number of primary amides is 1. The van der Waals surface area contributed by atoms with E-state index >= 15 is 0 Å². The van der Waals surface area contributed by atoms with Gasteiger partial charge in [-0.15, -0.1) is 11.3 Å². The van der Waals surface area contributed by atoms with Crippen molar-refractivity contribution in [3.63, 3.8) is 0 Å². The van der Waals surface area contributed by atoms with E-state index in [9.17, 15) is 9.59 Å². The molecule has 2 aromatic rings. The molecule has 2 rings (SSSR count). The molecule has 1 atom stereocenters. The predicted molar refractivity (Wildman–Crippen MR) is 87.8 cm³/mol. The van der Waals surface area contributed by atoms with Gasteiger partial charge in [-0.2, -0.15) is 0 Å². The SMILES string of the molecule is CC(NC(=O)NCc1cccs1)c1ccc(NC(N)=O)cc1. The van der Waals surface area contributed by atoms with Crippen molar-refractivity contribution in [1.82, 2.24) is 10.6 Å². The normalized spacial score (nSPS) is 11.5. The van der Waals surface area contributed by atoms with Gasteiger partial charge in [0.2, 0.25) is 0 Å². The van der Waals surface area contributed by atoms with Crippen molar-refractivity contribution in [1.29, 1.82) is 0 Å². The molecule has 6 nitrogen and oxygen atoms in total. The lowest BCUT2D eigenvalue weighted by molar-refractivity contribution is 0.237. The van der Waals surface area contributed by atoms with Crippen molar-refractivity contribution in [2.24, 2.45) is 5.73 Å². The molecule has 116 valence electrons. The van der Waals surface area contributed by atoms with Crippen LogP contribution in [0.2, 0.25) is 0 Å². The van der Waals surface area contributed by atoms with Crippen LogP contribution in [0.4, 0.5) is 15.3 Å². The number of amides is 4. The zero-order valence-corrected chi connectivity index (χ0v) is 12.9. The van der Waals surface area contributed by atoms with Gasteiger partial charge in [-0.1, -0.05) is 18.2 Å². The van der Waals surface area contributed by atoms with E-state index in [1.807, 2.05) is 36.6 Å². The molecule has 1 aromatic heterocycles. The second kappa shape index (κ2) is 7.46. The molecule has 0 aliphatic rings. The number of benzene rings is 1. The fourth-order valence-corrected chi connectivity index (χ4v) is 2.55. The van der Waals surface area contributed by atoms with Crippen molar-refractivity contribution >= 4 is 29.1 Å². The second-order valence-electron chi connectivity index (χ2n) is 4.74. The number of nitrogens with two attached hydrogens (primary N) is 1. The Balaban J connectivity index is 1.84. The van der Waals surface area contributed by atoms with E-state index in [1.54, 1.807) is 23.5 Å². The summed E-state index contributed by atoms with van der Waals surface area (Å²) in [6.07, 6.45) is 0. The first-order chi connectivity index (χ1) is 10.5. The fourth-order valence-electron chi connectivity index (χ4n) is 1.91. The van der Waals surface area contributed by atoms with Crippen LogP contribution in [0.1, 0.15) is 23.4 Å². The maximum atomic E-state index is 11.8. The summed E-state index contributed by atoms with van der Waals surface area (Å²) in [6, 6.07) is 10.1. The summed E-state index contributed by atoms with van der Waals surface area (Å²) in [6.45, 7) is 2.40. The molecule has 0 radical (unpaired) electrons. The van der Waals surface area contributed by atoms with Crippen LogP contribution < -0.4 is 21.7 Å². The minimum atomic E-state index is -0.605. The summed E-state index contributed by atoms with van der Waals surface area (Å²) < 4.78 is 0. The molecule has 4 amide bonds. The van der Waals surface area contributed by atoms with Gasteiger partial charge < -0.3 is 21.7 Å². The van der Waals surface area contributed by atoms with Crippen LogP contribution in [0.15, 0.2) is 41.8 Å². The Morgan fingerprint density at radius 2 is 1.95 bits per heavy atom. The van der Waals surface area contributed by atoms with Gasteiger partial charge in [-0.25, -0.2) is 9.59 Å². The molecule has 5 N–H and O–H groups in total. The smallest absolute Gasteiger partial charge is 0.316 e. The lowest BCUT2D eigenvalue weighted by atomic mass is 10.1. The Morgan fingerprint density at radius 1 is 1.23 bits per heavy atom. The third-order valence-corrected chi connectivity index (χ3v) is 3.91. The third-order valence-electron chi connectivity index (χ3n) is 3.03. The molecule has 0 saturated heterocycles. The van der Waals surface area contributed by atoms with Crippen LogP contribution in [0.5, 0.6) is 0 Å². The molecule has 0 aliphatic heterocycles. The summed E-state index contributed by atoms with van der Waals surface area (Å²) in [7, 11) is 0. The largest absolute Gasteiger partial charge is 0.351 e. The number of rotatable bonds is 5. The molecule has 0 fully saturated rings. The molecule has 0 saturated carbocycles. The van der Waals surface area contributed by atoms with Gasteiger partial charge in [0.1, 0.15) is 0 Å². The fraction of sp³-hybridized carbons (Fsp3) is 0.200. The van der Waals surface area contributed by atoms with Gasteiger partial charge in [0, 0.05) is 10.6 Å². The van der Waals surface area contributed by atoms with E-state index < -0.39 is 6.03 Å². The number of hydrogen-bond acceptors (Lipinski definition) is 3. The average Bonchev–Trinajstić information content (AvgIpc) is 2.98. The Hall–Kier alpha value is -2.54. The van der Waals surface area contributed by atoms with E-state index in [1.165, 1.54) is 0 Å². The van der Waals surface area contributed by atoms with E-state index in [-0.39, 0.29) is 12.1 Å². The summed E-state index contributed by atoms with van der Waals surface area (Å²) in [5, 5.41) is 10.1. The van der Waals surface area contributed by atoms with Gasteiger partial charge >= 0.3 is 12.1 Å². The summed E-state index contributed by atoms with van der Waals surface area (Å²) in [4.78, 5) is 23.7. The lowest BCUT2D eigenvalue weighted by Gasteiger charge is -2.15. The highest BCUT2D eigenvalue weighted by Gasteiger charge is 2.09. The molecule has 0 aliphatic carbocycles. The first-order valence-electron chi connectivity index (χ1n) is 6.78. The van der Waals surface area contributed by atoms with Crippen LogP contribution in [-0.4, -0.2) is 12.1 Å². The van der Waals surface area contributed by atoms with Crippen molar-refractivity contribution in [3.8, 4) is 0 Å². The van der Waals surface area contributed by atoms with Gasteiger partial charge in [-0.05, 0) is 36.1 Å². The second-order valence-corrected chi connectivity index (χ2v) is 5.77. The standard InChI is InChI=1S/C15H18N4O2S/c1-10(11-4-6-12(7-5-11)19-14(16)20)18-15(21)17-9-13-3-2-8-22-13/h2-8,10H,9H2,1H3,(H3,16,19,20)(H2,17,18,21). The number of thiophene rings is 1. The molecule has 1 heterocycles. The van der Waals surface area contributed by atoms with E-state index in [0.29, 0.717) is 12.2 Å². The third kappa shape index (κ3) is 4.78. The topological polar surface area (TPSA) is 96.2 Å². The first-order valence-corrected chi connectivity index (χ1v) is 7.65. The molecule has 22 heavy (non-hydrogen) atoms. The first kappa shape index (κ1) is 15.8. The van der Waals surface area contributed by atoms with Gasteiger partial charge in [-0.3, -0.25) is 0 Å². The number of carbonyl (C=O) groups is 2. The molecule has 1 aromatic carbocycles. The number of carbonyl (C=O) groups excluding carboxylic acids is 2. The summed E-state index contributed by atoms with van der Waals surface area (Å²) in [5.41, 5.74) is 6.60. The molecule has 1 unspecified atom stereocenters. The Bertz CT molecular complexity index is 626. The van der Waals surface area contributed by atoms with Gasteiger partial charge in [0.05, 0.1) is 12.6 Å². The highest BCUT2D eigenvalue weighted by molar-refractivity contribution is 7.09. The highest BCUT2D eigenvalue weighted by Crippen LogP contribution is 2.16. The van der Waals surface area contributed by atoms with Crippen LogP contribution >= 0.6 is 11.3 Å². The van der Waals surface area contributed by atoms with E-state index in [4.69, 9.17) is 5.73 Å². The van der Waals surface area contributed by atoms with Crippen molar-refractivity contribution < 1.29 is 9.59 Å². The number of hydrogen-bond donors (Lipinski definition) is 4. The van der Waals surface area contributed by atoms with Crippen molar-refractivity contribution in [2.45, 2.75) is 19.5 Å². The van der Waals surface area contributed by atoms with E-state index in [0.717, 1.165) is 10.4 Å². The van der Waals surface area contributed by atoms with Gasteiger partial charge in [0.25, 0.3) is 0 Å². The lowest BCUT2D eigenvalue weighted by Crippen LogP contribution is -2.36. The van der Waals surface area contributed by atoms with Crippen LogP contribution in [0.3, 0.4) is 0 Å². The van der Waals surface area contributed by atoms with Crippen molar-refractivity contribution in [2.75, 3.05) is 5.32 Å². The molecular weight excluding hydrogens is 300 g/mol. The average molecular weight is 318 g/mol. The van der Waals surface area contributed by atoms with Crippen LogP contribution in [0.25, 0.3) is 0 Å². The molecule has 7 heteroatoms. The Labute approximate surface area is 132 Å². The maximum Gasteiger partial charge on any atom is 0.316 e. The predicted octanol–water partition coefficient (Wildman–Crippen LogP) is 2.80. The molecule has 0 bridgehead atoms. The highest BCUT2D eigenvalue weighted by atomic mass is 32.1. The van der Waals surface area contributed by atoms with Gasteiger partial charge in [0.15, 0.2) is 0 Å². The van der Waals surface area contributed by atoms with E-state index in [2.05, 4.69) is 16.0 Å². The molecular formula is C15H18N4O2S. The maximum absolute atomic E-state index is 11.8.